The van der Waals surface area contributed by atoms with Gasteiger partial charge in [0, 0.05) is 37.1 Å². The summed E-state index contributed by atoms with van der Waals surface area (Å²) in [7, 11) is 0. The van der Waals surface area contributed by atoms with Gasteiger partial charge in [0.05, 0.1) is 18.8 Å². The predicted molar refractivity (Wildman–Crippen MR) is 84.5 cm³/mol. The van der Waals surface area contributed by atoms with Crippen molar-refractivity contribution in [3.05, 3.63) is 16.1 Å². The molecule has 1 saturated heterocycles. The summed E-state index contributed by atoms with van der Waals surface area (Å²) in [5.74, 6) is 0.208. The molecule has 1 aliphatic rings. The highest BCUT2D eigenvalue weighted by atomic mass is 32.1. The van der Waals surface area contributed by atoms with E-state index < -0.39 is 0 Å². The molecule has 0 aromatic carbocycles. The molecule has 0 spiro atoms. The van der Waals surface area contributed by atoms with Crippen molar-refractivity contribution >= 4 is 17.2 Å². The summed E-state index contributed by atoms with van der Waals surface area (Å²) in [6, 6.07) is 0. The Morgan fingerprint density at radius 2 is 2.24 bits per heavy atom. The van der Waals surface area contributed by atoms with Crippen LogP contribution in [0.4, 0.5) is 0 Å². The standard InChI is InChI=1S/C15H25N3O2S/c1-4-15(3,14-17-12(2)11-21-14)16-6-5-13(19)18-7-9-20-10-8-18/h11,16H,4-10H2,1-3H3/t15-/m0/s1. The van der Waals surface area contributed by atoms with E-state index in [1.807, 2.05) is 11.8 Å². The van der Waals surface area contributed by atoms with Crippen molar-refractivity contribution in [3.63, 3.8) is 0 Å². The first-order chi connectivity index (χ1) is 10.0. The quantitative estimate of drug-likeness (QED) is 0.872. The first-order valence-electron chi connectivity index (χ1n) is 7.58. The van der Waals surface area contributed by atoms with Crippen molar-refractivity contribution < 1.29 is 9.53 Å². The third kappa shape index (κ3) is 4.25. The fourth-order valence-corrected chi connectivity index (χ4v) is 3.38. The summed E-state index contributed by atoms with van der Waals surface area (Å²) in [4.78, 5) is 18.6. The van der Waals surface area contributed by atoms with Crippen LogP contribution in [0.2, 0.25) is 0 Å². The number of aryl methyl sites for hydroxylation is 1. The van der Waals surface area contributed by atoms with Crippen molar-refractivity contribution in [2.75, 3.05) is 32.8 Å². The van der Waals surface area contributed by atoms with Gasteiger partial charge < -0.3 is 15.0 Å². The maximum absolute atomic E-state index is 12.1. The molecular formula is C15H25N3O2S. The van der Waals surface area contributed by atoms with Gasteiger partial charge in [-0.15, -0.1) is 11.3 Å². The van der Waals surface area contributed by atoms with E-state index in [4.69, 9.17) is 4.74 Å². The third-order valence-corrected chi connectivity index (χ3v) is 5.24. The average Bonchev–Trinajstić information content (AvgIpc) is 2.95. The van der Waals surface area contributed by atoms with Gasteiger partial charge in [-0.05, 0) is 20.3 Å². The zero-order valence-electron chi connectivity index (χ0n) is 13.1. The molecular weight excluding hydrogens is 286 g/mol. The van der Waals surface area contributed by atoms with E-state index in [1.165, 1.54) is 0 Å². The minimum Gasteiger partial charge on any atom is -0.378 e. The molecule has 2 rings (SSSR count). The number of aromatic nitrogens is 1. The van der Waals surface area contributed by atoms with Crippen LogP contribution < -0.4 is 5.32 Å². The summed E-state index contributed by atoms with van der Waals surface area (Å²) < 4.78 is 5.27. The molecule has 5 nitrogen and oxygen atoms in total. The number of rotatable bonds is 6. The van der Waals surface area contributed by atoms with E-state index in [0.29, 0.717) is 26.2 Å². The molecule has 0 radical (unpaired) electrons. The number of amides is 1. The van der Waals surface area contributed by atoms with E-state index in [9.17, 15) is 4.79 Å². The lowest BCUT2D eigenvalue weighted by molar-refractivity contribution is -0.135. The normalized spacial score (nSPS) is 18.5. The Morgan fingerprint density at radius 3 is 2.81 bits per heavy atom. The zero-order chi connectivity index (χ0) is 15.3. The van der Waals surface area contributed by atoms with E-state index >= 15 is 0 Å². The molecule has 21 heavy (non-hydrogen) atoms. The molecule has 1 fully saturated rings. The van der Waals surface area contributed by atoms with Gasteiger partial charge in [0.25, 0.3) is 0 Å². The molecule has 0 saturated carbocycles. The molecule has 0 bridgehead atoms. The highest BCUT2D eigenvalue weighted by Gasteiger charge is 2.27. The highest BCUT2D eigenvalue weighted by Crippen LogP contribution is 2.27. The van der Waals surface area contributed by atoms with Crippen molar-refractivity contribution in [2.45, 2.75) is 39.2 Å². The van der Waals surface area contributed by atoms with Crippen LogP contribution in [0.15, 0.2) is 5.38 Å². The van der Waals surface area contributed by atoms with Crippen LogP contribution in [0.3, 0.4) is 0 Å². The largest absolute Gasteiger partial charge is 0.378 e. The minimum absolute atomic E-state index is 0.149. The van der Waals surface area contributed by atoms with Gasteiger partial charge in [-0.2, -0.15) is 0 Å². The van der Waals surface area contributed by atoms with Crippen LogP contribution >= 0.6 is 11.3 Å². The summed E-state index contributed by atoms with van der Waals surface area (Å²) in [6.07, 6.45) is 1.48. The van der Waals surface area contributed by atoms with Gasteiger partial charge in [0.1, 0.15) is 5.01 Å². The van der Waals surface area contributed by atoms with Gasteiger partial charge >= 0.3 is 0 Å². The minimum atomic E-state index is -0.149. The van der Waals surface area contributed by atoms with Crippen LogP contribution in [-0.2, 0) is 15.1 Å². The van der Waals surface area contributed by atoms with Crippen molar-refractivity contribution in [1.82, 2.24) is 15.2 Å². The second kappa shape index (κ2) is 7.33. The third-order valence-electron chi connectivity index (χ3n) is 4.02. The highest BCUT2D eigenvalue weighted by molar-refractivity contribution is 7.09. The van der Waals surface area contributed by atoms with Gasteiger partial charge in [0.15, 0.2) is 0 Å². The van der Waals surface area contributed by atoms with E-state index in [1.54, 1.807) is 11.3 Å². The Bertz CT molecular complexity index is 471. The van der Waals surface area contributed by atoms with Gasteiger partial charge in [-0.25, -0.2) is 4.98 Å². The molecule has 1 aliphatic heterocycles. The van der Waals surface area contributed by atoms with Gasteiger partial charge in [-0.3, -0.25) is 4.79 Å². The SMILES string of the molecule is CC[C@](C)(NCCC(=O)N1CCOCC1)c1nc(C)cs1. The Hall–Kier alpha value is -0.980. The molecule has 1 N–H and O–H groups in total. The summed E-state index contributed by atoms with van der Waals surface area (Å²) in [6.45, 7) is 9.74. The molecule has 2 heterocycles. The molecule has 0 aliphatic carbocycles. The monoisotopic (exact) mass is 311 g/mol. The Kier molecular flexibility index (Phi) is 5.72. The predicted octanol–water partition coefficient (Wildman–Crippen LogP) is 1.92. The van der Waals surface area contributed by atoms with Crippen molar-refractivity contribution in [3.8, 4) is 0 Å². The first kappa shape index (κ1) is 16.4. The van der Waals surface area contributed by atoms with E-state index in [2.05, 4.69) is 29.5 Å². The number of carbonyl (C=O) groups excluding carboxylic acids is 1. The maximum atomic E-state index is 12.1. The summed E-state index contributed by atoms with van der Waals surface area (Å²) in [5.41, 5.74) is 0.908. The Labute approximate surface area is 130 Å². The summed E-state index contributed by atoms with van der Waals surface area (Å²) >= 11 is 1.68. The van der Waals surface area contributed by atoms with Crippen LogP contribution in [0.5, 0.6) is 0 Å². The zero-order valence-corrected chi connectivity index (χ0v) is 14.0. The molecule has 1 aromatic heterocycles. The second-order valence-corrected chi connectivity index (χ2v) is 6.51. The van der Waals surface area contributed by atoms with Crippen LogP contribution in [-0.4, -0.2) is 48.6 Å². The molecule has 6 heteroatoms. The Balaban J connectivity index is 1.84. The Morgan fingerprint density at radius 1 is 1.52 bits per heavy atom. The fourth-order valence-electron chi connectivity index (χ4n) is 2.38. The number of nitrogens with zero attached hydrogens (tertiary/aromatic N) is 2. The maximum Gasteiger partial charge on any atom is 0.224 e. The topological polar surface area (TPSA) is 54.5 Å². The molecule has 0 unspecified atom stereocenters. The molecule has 1 amide bonds. The molecule has 118 valence electrons. The number of hydrogen-bond acceptors (Lipinski definition) is 5. The smallest absolute Gasteiger partial charge is 0.224 e. The van der Waals surface area contributed by atoms with Crippen molar-refractivity contribution in [1.29, 1.82) is 0 Å². The lowest BCUT2D eigenvalue weighted by Gasteiger charge is -2.29. The van der Waals surface area contributed by atoms with Gasteiger partial charge in [-0.1, -0.05) is 6.92 Å². The number of morpholine rings is 1. The lowest BCUT2D eigenvalue weighted by Crippen LogP contribution is -2.44. The number of ether oxygens (including phenoxy) is 1. The average molecular weight is 311 g/mol. The van der Waals surface area contributed by atoms with Crippen LogP contribution in [0, 0.1) is 6.92 Å². The summed E-state index contributed by atoms with van der Waals surface area (Å²) in [5, 5.41) is 6.69. The first-order valence-corrected chi connectivity index (χ1v) is 8.46. The number of carbonyl (C=O) groups is 1. The number of hydrogen-bond donors (Lipinski definition) is 1. The van der Waals surface area contributed by atoms with E-state index in [0.717, 1.165) is 30.2 Å². The second-order valence-electron chi connectivity index (χ2n) is 5.65. The lowest BCUT2D eigenvalue weighted by atomic mass is 9.99. The molecule has 1 atom stereocenters. The van der Waals surface area contributed by atoms with Crippen LogP contribution in [0.1, 0.15) is 37.4 Å². The van der Waals surface area contributed by atoms with E-state index in [-0.39, 0.29) is 11.4 Å². The fraction of sp³-hybridized carbons (Fsp3) is 0.733. The van der Waals surface area contributed by atoms with Gasteiger partial charge in [0.2, 0.25) is 5.91 Å². The number of thiazole rings is 1. The molecule has 1 aromatic rings. The van der Waals surface area contributed by atoms with Crippen LogP contribution in [0.25, 0.3) is 0 Å². The number of nitrogens with one attached hydrogen (secondary N) is 1. The van der Waals surface area contributed by atoms with Crippen molar-refractivity contribution in [2.24, 2.45) is 0 Å².